The first kappa shape index (κ1) is 19.1. The zero-order valence-electron chi connectivity index (χ0n) is 15.9. The van der Waals surface area contributed by atoms with Crippen molar-refractivity contribution < 1.29 is 18.9 Å². The highest BCUT2D eigenvalue weighted by Crippen LogP contribution is 2.47. The van der Waals surface area contributed by atoms with Gasteiger partial charge in [0.15, 0.2) is 0 Å². The first-order chi connectivity index (χ1) is 13.2. The molecule has 0 saturated carbocycles. The molecule has 1 atom stereocenters. The van der Waals surface area contributed by atoms with Gasteiger partial charge in [0.05, 0.1) is 39.6 Å². The van der Waals surface area contributed by atoms with Gasteiger partial charge in [-0.25, -0.2) is 0 Å². The SMILES string of the molecule is COc1cccc(OC)c1-c1cccc(P)c1-c1c(OC)cccc1OC. The number of hydrogen-bond acceptors (Lipinski definition) is 4. The molecule has 0 heterocycles. The fourth-order valence-corrected chi connectivity index (χ4v) is 3.68. The molecule has 3 rings (SSSR count). The zero-order chi connectivity index (χ0) is 19.4. The highest BCUT2D eigenvalue weighted by molar-refractivity contribution is 7.28. The predicted octanol–water partition coefficient (Wildman–Crippen LogP) is 4.56. The molecule has 0 spiro atoms. The average molecular weight is 382 g/mol. The van der Waals surface area contributed by atoms with Gasteiger partial charge in [-0.05, 0) is 35.1 Å². The van der Waals surface area contributed by atoms with Crippen LogP contribution in [0.5, 0.6) is 23.0 Å². The summed E-state index contributed by atoms with van der Waals surface area (Å²) in [6, 6.07) is 17.6. The van der Waals surface area contributed by atoms with Crippen LogP contribution in [0.15, 0.2) is 54.6 Å². The molecular formula is C22H23O4P. The van der Waals surface area contributed by atoms with Gasteiger partial charge < -0.3 is 18.9 Å². The largest absolute Gasteiger partial charge is 0.496 e. The molecule has 0 fully saturated rings. The minimum Gasteiger partial charge on any atom is -0.496 e. The smallest absolute Gasteiger partial charge is 0.130 e. The lowest BCUT2D eigenvalue weighted by molar-refractivity contribution is 0.396. The molecule has 0 aliphatic heterocycles. The van der Waals surface area contributed by atoms with Crippen LogP contribution in [0.4, 0.5) is 0 Å². The molecule has 0 aliphatic carbocycles. The van der Waals surface area contributed by atoms with E-state index in [-0.39, 0.29) is 0 Å². The quantitative estimate of drug-likeness (QED) is 0.586. The van der Waals surface area contributed by atoms with Crippen LogP contribution in [-0.4, -0.2) is 28.4 Å². The molecule has 1 unspecified atom stereocenters. The summed E-state index contributed by atoms with van der Waals surface area (Å²) >= 11 is 0. The minimum absolute atomic E-state index is 0.736. The molecule has 4 nitrogen and oxygen atoms in total. The Hall–Kier alpha value is -2.71. The van der Waals surface area contributed by atoms with Crippen LogP contribution in [0.3, 0.4) is 0 Å². The Morgan fingerprint density at radius 1 is 0.519 bits per heavy atom. The molecule has 0 amide bonds. The average Bonchev–Trinajstić information content (AvgIpc) is 2.72. The summed E-state index contributed by atoms with van der Waals surface area (Å²) in [7, 11) is 9.44. The second kappa shape index (κ2) is 8.32. The first-order valence-electron chi connectivity index (χ1n) is 8.47. The number of benzene rings is 3. The van der Waals surface area contributed by atoms with E-state index in [1.54, 1.807) is 28.4 Å². The van der Waals surface area contributed by atoms with Crippen LogP contribution in [0.1, 0.15) is 0 Å². The van der Waals surface area contributed by atoms with Gasteiger partial charge in [0.25, 0.3) is 0 Å². The Kier molecular flexibility index (Phi) is 5.88. The predicted molar refractivity (Wildman–Crippen MR) is 113 cm³/mol. The molecule has 5 heteroatoms. The lowest BCUT2D eigenvalue weighted by Crippen LogP contribution is -2.04. The van der Waals surface area contributed by atoms with Crippen LogP contribution in [-0.2, 0) is 0 Å². The van der Waals surface area contributed by atoms with E-state index in [4.69, 9.17) is 18.9 Å². The first-order valence-corrected chi connectivity index (χ1v) is 9.05. The zero-order valence-corrected chi connectivity index (χ0v) is 17.1. The minimum atomic E-state index is 0.736. The normalized spacial score (nSPS) is 10.4. The van der Waals surface area contributed by atoms with Crippen molar-refractivity contribution in [3.63, 3.8) is 0 Å². The second-order valence-corrected chi connectivity index (χ2v) is 6.47. The Labute approximate surface area is 162 Å². The lowest BCUT2D eigenvalue weighted by atomic mass is 9.92. The lowest BCUT2D eigenvalue weighted by Gasteiger charge is -2.21. The van der Waals surface area contributed by atoms with Crippen LogP contribution in [0.2, 0.25) is 0 Å². The maximum atomic E-state index is 5.65. The van der Waals surface area contributed by atoms with Crippen molar-refractivity contribution in [3.05, 3.63) is 54.6 Å². The number of methoxy groups -OCH3 is 4. The van der Waals surface area contributed by atoms with Gasteiger partial charge >= 0.3 is 0 Å². The van der Waals surface area contributed by atoms with Crippen LogP contribution < -0.4 is 24.3 Å². The molecule has 3 aromatic carbocycles. The van der Waals surface area contributed by atoms with E-state index in [9.17, 15) is 0 Å². The van der Waals surface area contributed by atoms with Crippen LogP contribution >= 0.6 is 9.24 Å². The van der Waals surface area contributed by atoms with Gasteiger partial charge in [0, 0.05) is 5.56 Å². The van der Waals surface area contributed by atoms with Gasteiger partial charge in [0.2, 0.25) is 0 Å². The molecular weight excluding hydrogens is 359 g/mol. The van der Waals surface area contributed by atoms with E-state index in [2.05, 4.69) is 15.3 Å². The summed E-state index contributed by atoms with van der Waals surface area (Å²) in [5.74, 6) is 2.94. The Morgan fingerprint density at radius 2 is 0.926 bits per heavy atom. The van der Waals surface area contributed by atoms with E-state index < -0.39 is 0 Å². The third-order valence-electron chi connectivity index (χ3n) is 4.47. The summed E-state index contributed by atoms with van der Waals surface area (Å²) in [6.07, 6.45) is 0. The molecule has 27 heavy (non-hydrogen) atoms. The Bertz CT molecular complexity index is 909. The topological polar surface area (TPSA) is 36.9 Å². The van der Waals surface area contributed by atoms with Crippen molar-refractivity contribution in [2.24, 2.45) is 0 Å². The third-order valence-corrected chi connectivity index (χ3v) is 4.95. The third kappa shape index (κ3) is 3.45. The summed E-state index contributed by atoms with van der Waals surface area (Å²) < 4.78 is 22.6. The molecule has 0 N–H and O–H groups in total. The van der Waals surface area contributed by atoms with E-state index in [1.807, 2.05) is 48.5 Å². The summed E-state index contributed by atoms with van der Waals surface area (Å²) in [5.41, 5.74) is 3.73. The monoisotopic (exact) mass is 382 g/mol. The molecule has 140 valence electrons. The van der Waals surface area contributed by atoms with E-state index in [1.165, 1.54) is 0 Å². The van der Waals surface area contributed by atoms with Gasteiger partial charge in [-0.2, -0.15) is 0 Å². The maximum absolute atomic E-state index is 5.65. The van der Waals surface area contributed by atoms with Crippen molar-refractivity contribution in [2.75, 3.05) is 28.4 Å². The highest BCUT2D eigenvalue weighted by Gasteiger charge is 2.22. The van der Waals surface area contributed by atoms with Gasteiger partial charge in [-0.3, -0.25) is 0 Å². The summed E-state index contributed by atoms with van der Waals surface area (Å²) in [5, 5.41) is 1.02. The van der Waals surface area contributed by atoms with E-state index >= 15 is 0 Å². The number of ether oxygens (including phenoxy) is 4. The van der Waals surface area contributed by atoms with Crippen molar-refractivity contribution in [2.45, 2.75) is 0 Å². The van der Waals surface area contributed by atoms with Gasteiger partial charge in [-0.15, -0.1) is 9.24 Å². The molecule has 3 aromatic rings. The molecule has 0 aliphatic rings. The fraction of sp³-hybridized carbons (Fsp3) is 0.182. The van der Waals surface area contributed by atoms with Gasteiger partial charge in [-0.1, -0.05) is 30.3 Å². The molecule has 0 radical (unpaired) electrons. The highest BCUT2D eigenvalue weighted by atomic mass is 31.0. The molecule has 0 saturated heterocycles. The van der Waals surface area contributed by atoms with E-state index in [0.29, 0.717) is 0 Å². The second-order valence-electron chi connectivity index (χ2n) is 5.84. The van der Waals surface area contributed by atoms with Crippen LogP contribution in [0, 0.1) is 0 Å². The maximum Gasteiger partial charge on any atom is 0.130 e. The van der Waals surface area contributed by atoms with Crippen LogP contribution in [0.25, 0.3) is 22.3 Å². The molecule has 0 bridgehead atoms. The fourth-order valence-electron chi connectivity index (χ4n) is 3.27. The summed E-state index contributed by atoms with van der Waals surface area (Å²) in [6.45, 7) is 0. The number of hydrogen-bond donors (Lipinski definition) is 0. The van der Waals surface area contributed by atoms with Crippen molar-refractivity contribution in [1.29, 1.82) is 0 Å². The Morgan fingerprint density at radius 3 is 1.37 bits per heavy atom. The standard InChI is InChI=1S/C22H23O4P/c1-23-15-9-6-10-16(24-2)20(15)14-8-5-13-19(27)21(14)22-17(25-3)11-7-12-18(22)26-4/h5-13H,27H2,1-4H3. The van der Waals surface area contributed by atoms with E-state index in [0.717, 1.165) is 50.6 Å². The van der Waals surface area contributed by atoms with Gasteiger partial charge in [0.1, 0.15) is 23.0 Å². The Balaban J connectivity index is 2.42. The molecule has 0 aromatic heterocycles. The number of rotatable bonds is 6. The van der Waals surface area contributed by atoms with Crippen molar-refractivity contribution >= 4 is 14.5 Å². The van der Waals surface area contributed by atoms with Crippen molar-refractivity contribution in [1.82, 2.24) is 0 Å². The summed E-state index contributed by atoms with van der Waals surface area (Å²) in [4.78, 5) is 0. The van der Waals surface area contributed by atoms with Crippen molar-refractivity contribution in [3.8, 4) is 45.3 Å².